The van der Waals surface area contributed by atoms with Gasteiger partial charge in [0.05, 0.1) is 12.2 Å². The second-order valence-corrected chi connectivity index (χ2v) is 5.14. The molecule has 0 atom stereocenters. The summed E-state index contributed by atoms with van der Waals surface area (Å²) in [5.41, 5.74) is 6.62. The number of hydrogen-bond donors (Lipinski definition) is 3. The van der Waals surface area contributed by atoms with Crippen LogP contribution >= 0.6 is 0 Å². The van der Waals surface area contributed by atoms with Crippen molar-refractivity contribution in [3.8, 4) is 0 Å². The van der Waals surface area contributed by atoms with Crippen LogP contribution in [0.15, 0.2) is 24.3 Å². The highest BCUT2D eigenvalue weighted by Gasteiger charge is 2.33. The Morgan fingerprint density at radius 1 is 1.33 bits per heavy atom. The van der Waals surface area contributed by atoms with Crippen molar-refractivity contribution >= 4 is 11.6 Å². The number of amides is 1. The Labute approximate surface area is 107 Å². The van der Waals surface area contributed by atoms with Gasteiger partial charge in [-0.15, -0.1) is 0 Å². The van der Waals surface area contributed by atoms with Gasteiger partial charge in [0.2, 0.25) is 0 Å². The highest BCUT2D eigenvalue weighted by molar-refractivity contribution is 5.99. The van der Waals surface area contributed by atoms with E-state index in [2.05, 4.69) is 5.32 Å². The van der Waals surface area contributed by atoms with Crippen LogP contribution in [0, 0.1) is 5.41 Å². The average Bonchev–Trinajstić information content (AvgIpc) is 2.86. The molecule has 1 fully saturated rings. The lowest BCUT2D eigenvalue weighted by molar-refractivity contribution is 0.0881. The van der Waals surface area contributed by atoms with Crippen LogP contribution in [0.1, 0.15) is 36.0 Å². The molecule has 4 nitrogen and oxygen atoms in total. The SMILES string of the molecule is Nc1ccccc1C(=O)NCC1(CO)CCCC1. The van der Waals surface area contributed by atoms with Gasteiger partial charge >= 0.3 is 0 Å². The smallest absolute Gasteiger partial charge is 0.253 e. The van der Waals surface area contributed by atoms with E-state index in [1.165, 1.54) is 0 Å². The van der Waals surface area contributed by atoms with Crippen molar-refractivity contribution in [3.63, 3.8) is 0 Å². The molecule has 0 aromatic heterocycles. The standard InChI is InChI=1S/C14H20N2O2/c15-12-6-2-1-5-11(12)13(18)16-9-14(10-17)7-3-4-8-14/h1-2,5-6,17H,3-4,7-10,15H2,(H,16,18). The lowest BCUT2D eigenvalue weighted by Crippen LogP contribution is -2.38. The average molecular weight is 248 g/mol. The van der Waals surface area contributed by atoms with Crippen LogP contribution in [0.2, 0.25) is 0 Å². The van der Waals surface area contributed by atoms with E-state index >= 15 is 0 Å². The Morgan fingerprint density at radius 2 is 2.00 bits per heavy atom. The number of nitrogen functional groups attached to an aromatic ring is 1. The number of para-hydroxylation sites is 1. The summed E-state index contributed by atoms with van der Waals surface area (Å²) < 4.78 is 0. The molecule has 1 aliphatic rings. The molecule has 4 heteroatoms. The van der Waals surface area contributed by atoms with Crippen molar-refractivity contribution in [2.24, 2.45) is 5.41 Å². The molecule has 2 rings (SSSR count). The molecule has 18 heavy (non-hydrogen) atoms. The third-order valence-corrected chi connectivity index (χ3v) is 3.83. The van der Waals surface area contributed by atoms with Crippen LogP contribution < -0.4 is 11.1 Å². The number of aliphatic hydroxyl groups is 1. The predicted molar refractivity (Wildman–Crippen MR) is 71.2 cm³/mol. The number of anilines is 1. The van der Waals surface area contributed by atoms with Crippen molar-refractivity contribution in [2.45, 2.75) is 25.7 Å². The zero-order valence-electron chi connectivity index (χ0n) is 10.5. The van der Waals surface area contributed by atoms with Crippen LogP contribution in [0.4, 0.5) is 5.69 Å². The van der Waals surface area contributed by atoms with Crippen molar-refractivity contribution in [1.29, 1.82) is 0 Å². The summed E-state index contributed by atoms with van der Waals surface area (Å²) in [5, 5.41) is 12.4. The van der Waals surface area contributed by atoms with Crippen LogP contribution in [0.25, 0.3) is 0 Å². The van der Waals surface area contributed by atoms with Gasteiger partial charge in [0, 0.05) is 17.6 Å². The first-order chi connectivity index (χ1) is 8.67. The fourth-order valence-electron chi connectivity index (χ4n) is 2.58. The summed E-state index contributed by atoms with van der Waals surface area (Å²) in [6, 6.07) is 7.03. The summed E-state index contributed by atoms with van der Waals surface area (Å²) in [6.45, 7) is 0.661. The third-order valence-electron chi connectivity index (χ3n) is 3.83. The number of carbonyl (C=O) groups excluding carboxylic acids is 1. The molecule has 1 aliphatic carbocycles. The van der Waals surface area contributed by atoms with E-state index in [4.69, 9.17) is 5.73 Å². The Morgan fingerprint density at radius 3 is 2.61 bits per heavy atom. The lowest BCUT2D eigenvalue weighted by Gasteiger charge is -2.26. The van der Waals surface area contributed by atoms with Crippen LogP contribution in [0.5, 0.6) is 0 Å². The number of aliphatic hydroxyl groups excluding tert-OH is 1. The molecule has 0 aliphatic heterocycles. The maximum atomic E-state index is 12.0. The normalized spacial score (nSPS) is 17.6. The highest BCUT2D eigenvalue weighted by atomic mass is 16.3. The van der Waals surface area contributed by atoms with E-state index in [9.17, 15) is 9.90 Å². The Kier molecular flexibility index (Phi) is 3.87. The molecular formula is C14H20N2O2. The first kappa shape index (κ1) is 12.9. The molecule has 1 saturated carbocycles. The first-order valence-electron chi connectivity index (χ1n) is 6.40. The second-order valence-electron chi connectivity index (χ2n) is 5.14. The number of carbonyl (C=O) groups is 1. The van der Waals surface area contributed by atoms with Gasteiger partial charge in [0.1, 0.15) is 0 Å². The van der Waals surface area contributed by atoms with Crippen molar-refractivity contribution in [3.05, 3.63) is 29.8 Å². The minimum Gasteiger partial charge on any atom is -0.398 e. The Balaban J connectivity index is 1.98. The minimum absolute atomic E-state index is 0.126. The number of nitrogens with one attached hydrogen (secondary N) is 1. The Hall–Kier alpha value is -1.55. The van der Waals surface area contributed by atoms with E-state index in [0.29, 0.717) is 17.8 Å². The fraction of sp³-hybridized carbons (Fsp3) is 0.500. The Bertz CT molecular complexity index is 426. The van der Waals surface area contributed by atoms with Gasteiger partial charge < -0.3 is 16.2 Å². The molecule has 4 N–H and O–H groups in total. The van der Waals surface area contributed by atoms with Crippen molar-refractivity contribution < 1.29 is 9.90 Å². The minimum atomic E-state index is -0.159. The van der Waals surface area contributed by atoms with Gasteiger partial charge in [-0.3, -0.25) is 4.79 Å². The quantitative estimate of drug-likeness (QED) is 0.708. The van der Waals surface area contributed by atoms with Crippen LogP contribution in [-0.2, 0) is 0 Å². The first-order valence-corrected chi connectivity index (χ1v) is 6.40. The van der Waals surface area contributed by atoms with Gasteiger partial charge in [-0.05, 0) is 25.0 Å². The number of rotatable bonds is 4. The zero-order valence-corrected chi connectivity index (χ0v) is 10.5. The topological polar surface area (TPSA) is 75.4 Å². The summed E-state index contributed by atoms with van der Waals surface area (Å²) >= 11 is 0. The van der Waals surface area contributed by atoms with Gasteiger partial charge in [-0.1, -0.05) is 25.0 Å². The zero-order chi connectivity index (χ0) is 13.0. The molecule has 1 amide bonds. The molecular weight excluding hydrogens is 228 g/mol. The molecule has 0 bridgehead atoms. The van der Waals surface area contributed by atoms with E-state index < -0.39 is 0 Å². The molecule has 98 valence electrons. The highest BCUT2D eigenvalue weighted by Crippen LogP contribution is 2.36. The van der Waals surface area contributed by atoms with Crippen LogP contribution in [-0.4, -0.2) is 24.2 Å². The maximum Gasteiger partial charge on any atom is 0.253 e. The second kappa shape index (κ2) is 5.40. The fourth-order valence-corrected chi connectivity index (χ4v) is 2.58. The number of benzene rings is 1. The molecule has 0 radical (unpaired) electrons. The van der Waals surface area contributed by atoms with Crippen molar-refractivity contribution in [2.75, 3.05) is 18.9 Å². The summed E-state index contributed by atoms with van der Waals surface area (Å²) in [4.78, 5) is 12.0. The largest absolute Gasteiger partial charge is 0.398 e. The molecule has 0 heterocycles. The van der Waals surface area contributed by atoms with E-state index in [1.807, 2.05) is 0 Å². The number of hydrogen-bond acceptors (Lipinski definition) is 3. The lowest BCUT2D eigenvalue weighted by atomic mass is 9.87. The number of nitrogens with two attached hydrogens (primary N) is 1. The van der Waals surface area contributed by atoms with Crippen molar-refractivity contribution in [1.82, 2.24) is 5.32 Å². The predicted octanol–water partition coefficient (Wildman–Crippen LogP) is 1.55. The van der Waals surface area contributed by atoms with Gasteiger partial charge in [-0.25, -0.2) is 0 Å². The molecule has 0 spiro atoms. The van der Waals surface area contributed by atoms with E-state index in [1.54, 1.807) is 24.3 Å². The maximum absolute atomic E-state index is 12.0. The van der Waals surface area contributed by atoms with E-state index in [0.717, 1.165) is 25.7 Å². The van der Waals surface area contributed by atoms with Gasteiger partial charge in [0.25, 0.3) is 5.91 Å². The van der Waals surface area contributed by atoms with Gasteiger partial charge in [0.15, 0.2) is 0 Å². The van der Waals surface area contributed by atoms with Gasteiger partial charge in [-0.2, -0.15) is 0 Å². The van der Waals surface area contributed by atoms with E-state index in [-0.39, 0.29) is 17.9 Å². The molecule has 0 unspecified atom stereocenters. The van der Waals surface area contributed by atoms with Crippen LogP contribution in [0.3, 0.4) is 0 Å². The molecule has 0 saturated heterocycles. The summed E-state index contributed by atoms with van der Waals surface area (Å²) in [6.07, 6.45) is 4.22. The monoisotopic (exact) mass is 248 g/mol. The summed E-state index contributed by atoms with van der Waals surface area (Å²) in [5.74, 6) is -0.159. The molecule has 1 aromatic rings. The third kappa shape index (κ3) is 2.64. The summed E-state index contributed by atoms with van der Waals surface area (Å²) in [7, 11) is 0. The molecule has 1 aromatic carbocycles.